The molecule has 0 bridgehead atoms. The lowest BCUT2D eigenvalue weighted by atomic mass is 10.3. The molecule has 1 unspecified atom stereocenters. The lowest BCUT2D eigenvalue weighted by molar-refractivity contribution is 0.208. The number of rotatable bonds is 3. The second kappa shape index (κ2) is 3.59. The van der Waals surface area contributed by atoms with Gasteiger partial charge in [-0.2, -0.15) is 5.10 Å². The van der Waals surface area contributed by atoms with Crippen molar-refractivity contribution in [2.75, 3.05) is 11.9 Å². The van der Waals surface area contributed by atoms with Crippen molar-refractivity contribution < 1.29 is 5.11 Å². The minimum absolute atomic E-state index is 0.410. The molecule has 14 heavy (non-hydrogen) atoms. The highest BCUT2D eigenvalue weighted by atomic mass is 16.3. The maximum Gasteiger partial charge on any atom is 0.160 e. The number of aliphatic hydroxyl groups is 1. The van der Waals surface area contributed by atoms with Crippen molar-refractivity contribution in [2.24, 2.45) is 0 Å². The Hall–Kier alpha value is -1.69. The molecule has 0 aliphatic heterocycles. The Morgan fingerprint density at radius 3 is 3.21 bits per heavy atom. The second-order valence-electron chi connectivity index (χ2n) is 3.08. The van der Waals surface area contributed by atoms with Gasteiger partial charge in [0.05, 0.1) is 17.7 Å². The van der Waals surface area contributed by atoms with Crippen LogP contribution in [0.4, 0.5) is 5.82 Å². The normalized spacial score (nSPS) is 13.0. The third kappa shape index (κ3) is 1.64. The first-order valence-corrected chi connectivity index (χ1v) is 4.33. The van der Waals surface area contributed by atoms with E-state index < -0.39 is 6.10 Å². The van der Waals surface area contributed by atoms with E-state index in [4.69, 9.17) is 5.11 Å². The maximum atomic E-state index is 9.11. The summed E-state index contributed by atoms with van der Waals surface area (Å²) in [6, 6.07) is 0. The van der Waals surface area contributed by atoms with Gasteiger partial charge in [0.2, 0.25) is 0 Å². The number of aromatic nitrogens is 4. The van der Waals surface area contributed by atoms with Crippen molar-refractivity contribution in [1.29, 1.82) is 0 Å². The molecule has 0 aromatic carbocycles. The van der Waals surface area contributed by atoms with Gasteiger partial charge < -0.3 is 10.4 Å². The number of fused-ring (bicyclic) bond motifs is 1. The Balaban J connectivity index is 2.27. The molecular formula is C8H11N5O. The molecule has 3 N–H and O–H groups in total. The standard InChI is InChI=1S/C8H11N5O/c1-5(14)2-9-7-6-3-12-13-8(6)11-4-10-7/h3-5,14H,2H2,1H3,(H2,9,10,11,12,13). The van der Waals surface area contributed by atoms with Crippen LogP contribution >= 0.6 is 0 Å². The fourth-order valence-electron chi connectivity index (χ4n) is 1.15. The zero-order chi connectivity index (χ0) is 9.97. The molecule has 0 aliphatic carbocycles. The third-order valence-electron chi connectivity index (χ3n) is 1.81. The molecule has 2 rings (SSSR count). The highest BCUT2D eigenvalue weighted by Gasteiger charge is 2.04. The highest BCUT2D eigenvalue weighted by Crippen LogP contribution is 2.15. The van der Waals surface area contributed by atoms with Crippen molar-refractivity contribution in [3.63, 3.8) is 0 Å². The summed E-state index contributed by atoms with van der Waals surface area (Å²) in [6.07, 6.45) is 2.69. The van der Waals surface area contributed by atoms with Crippen molar-refractivity contribution >= 4 is 16.9 Å². The number of aliphatic hydroxyl groups excluding tert-OH is 1. The molecule has 0 radical (unpaired) electrons. The summed E-state index contributed by atoms with van der Waals surface area (Å²) in [5.74, 6) is 0.685. The lowest BCUT2D eigenvalue weighted by Gasteiger charge is -2.07. The van der Waals surface area contributed by atoms with Crippen LogP contribution < -0.4 is 5.32 Å². The number of hydrogen-bond donors (Lipinski definition) is 3. The minimum atomic E-state index is -0.410. The molecule has 2 aromatic heterocycles. The van der Waals surface area contributed by atoms with E-state index in [1.165, 1.54) is 6.33 Å². The van der Waals surface area contributed by atoms with Crippen molar-refractivity contribution in [3.05, 3.63) is 12.5 Å². The van der Waals surface area contributed by atoms with Crippen LogP contribution in [-0.4, -0.2) is 37.9 Å². The molecule has 6 nitrogen and oxygen atoms in total. The number of nitrogens with one attached hydrogen (secondary N) is 2. The molecule has 2 heterocycles. The van der Waals surface area contributed by atoms with Crippen LogP contribution in [0.1, 0.15) is 6.92 Å². The van der Waals surface area contributed by atoms with Gasteiger partial charge in [0.15, 0.2) is 5.65 Å². The topological polar surface area (TPSA) is 86.7 Å². The van der Waals surface area contributed by atoms with Crippen LogP contribution in [0.3, 0.4) is 0 Å². The quantitative estimate of drug-likeness (QED) is 0.645. The van der Waals surface area contributed by atoms with E-state index in [-0.39, 0.29) is 0 Å². The lowest BCUT2D eigenvalue weighted by Crippen LogP contribution is -2.16. The van der Waals surface area contributed by atoms with Crippen LogP contribution in [-0.2, 0) is 0 Å². The SMILES string of the molecule is CC(O)CNc1ncnc2[nH]ncc12. The van der Waals surface area contributed by atoms with Gasteiger partial charge in [0.25, 0.3) is 0 Å². The monoisotopic (exact) mass is 193 g/mol. The van der Waals surface area contributed by atoms with Gasteiger partial charge in [-0.25, -0.2) is 9.97 Å². The van der Waals surface area contributed by atoms with Gasteiger partial charge >= 0.3 is 0 Å². The zero-order valence-electron chi connectivity index (χ0n) is 7.73. The van der Waals surface area contributed by atoms with Gasteiger partial charge in [-0.05, 0) is 6.92 Å². The summed E-state index contributed by atoms with van der Waals surface area (Å²) >= 11 is 0. The van der Waals surface area contributed by atoms with Crippen LogP contribution in [0.25, 0.3) is 11.0 Å². The van der Waals surface area contributed by atoms with Crippen molar-refractivity contribution in [2.45, 2.75) is 13.0 Å². The number of nitrogens with zero attached hydrogens (tertiary/aromatic N) is 3. The van der Waals surface area contributed by atoms with Gasteiger partial charge in [-0.1, -0.05) is 0 Å². The van der Waals surface area contributed by atoms with Gasteiger partial charge in [-0.15, -0.1) is 0 Å². The van der Waals surface area contributed by atoms with E-state index in [0.29, 0.717) is 18.0 Å². The Kier molecular flexibility index (Phi) is 2.28. The molecule has 0 saturated carbocycles. The van der Waals surface area contributed by atoms with Crippen molar-refractivity contribution in [1.82, 2.24) is 20.2 Å². The van der Waals surface area contributed by atoms with Gasteiger partial charge in [-0.3, -0.25) is 5.10 Å². The smallest absolute Gasteiger partial charge is 0.160 e. The fraction of sp³-hybridized carbons (Fsp3) is 0.375. The molecule has 0 aliphatic rings. The molecule has 1 atom stereocenters. The Bertz CT molecular complexity index is 424. The average Bonchev–Trinajstić information content (AvgIpc) is 2.62. The summed E-state index contributed by atoms with van der Waals surface area (Å²) in [5.41, 5.74) is 0.688. The summed E-state index contributed by atoms with van der Waals surface area (Å²) in [4.78, 5) is 8.06. The molecule has 6 heteroatoms. The molecule has 0 saturated heterocycles. The fourth-order valence-corrected chi connectivity index (χ4v) is 1.15. The minimum Gasteiger partial charge on any atom is -0.392 e. The van der Waals surface area contributed by atoms with Crippen LogP contribution in [0.15, 0.2) is 12.5 Å². The summed E-state index contributed by atoms with van der Waals surface area (Å²) in [7, 11) is 0. The highest BCUT2D eigenvalue weighted by molar-refractivity contribution is 5.85. The third-order valence-corrected chi connectivity index (χ3v) is 1.81. The predicted molar refractivity (Wildman–Crippen MR) is 51.9 cm³/mol. The number of aromatic amines is 1. The molecule has 74 valence electrons. The first kappa shape index (κ1) is 8.89. The van der Waals surface area contributed by atoms with E-state index in [1.54, 1.807) is 13.1 Å². The summed E-state index contributed by atoms with van der Waals surface area (Å²) in [6.45, 7) is 2.16. The molecule has 0 fully saturated rings. The second-order valence-corrected chi connectivity index (χ2v) is 3.08. The maximum absolute atomic E-state index is 9.11. The van der Waals surface area contributed by atoms with Crippen LogP contribution in [0.2, 0.25) is 0 Å². The van der Waals surface area contributed by atoms with E-state index >= 15 is 0 Å². The largest absolute Gasteiger partial charge is 0.392 e. The van der Waals surface area contributed by atoms with Crippen LogP contribution in [0.5, 0.6) is 0 Å². The zero-order valence-corrected chi connectivity index (χ0v) is 7.73. The molecular weight excluding hydrogens is 182 g/mol. The average molecular weight is 193 g/mol. The van der Waals surface area contributed by atoms with Crippen LogP contribution in [0, 0.1) is 0 Å². The number of hydrogen-bond acceptors (Lipinski definition) is 5. The first-order valence-electron chi connectivity index (χ1n) is 4.33. The Morgan fingerprint density at radius 2 is 2.43 bits per heavy atom. The van der Waals surface area contributed by atoms with E-state index in [2.05, 4.69) is 25.5 Å². The van der Waals surface area contributed by atoms with Gasteiger partial charge in [0.1, 0.15) is 12.1 Å². The number of H-pyrrole nitrogens is 1. The molecule has 0 amide bonds. The Labute approximate surface area is 80.4 Å². The van der Waals surface area contributed by atoms with E-state index in [1.807, 2.05) is 0 Å². The summed E-state index contributed by atoms with van der Waals surface area (Å²) in [5, 5.41) is 19.5. The first-order chi connectivity index (χ1) is 6.77. The summed E-state index contributed by atoms with van der Waals surface area (Å²) < 4.78 is 0. The van der Waals surface area contributed by atoms with E-state index in [9.17, 15) is 0 Å². The predicted octanol–water partition coefficient (Wildman–Crippen LogP) is 0.146. The molecule has 0 spiro atoms. The molecule has 2 aromatic rings. The van der Waals surface area contributed by atoms with Gasteiger partial charge in [0, 0.05) is 6.54 Å². The van der Waals surface area contributed by atoms with E-state index in [0.717, 1.165) is 5.39 Å². The Morgan fingerprint density at radius 1 is 1.57 bits per heavy atom. The number of anilines is 1. The van der Waals surface area contributed by atoms with Crippen molar-refractivity contribution in [3.8, 4) is 0 Å².